The third-order valence-corrected chi connectivity index (χ3v) is 4.97. The Labute approximate surface area is 132 Å². The molecule has 0 radical (unpaired) electrons. The summed E-state index contributed by atoms with van der Waals surface area (Å²) in [5, 5.41) is 15.4. The summed E-state index contributed by atoms with van der Waals surface area (Å²) in [6.07, 6.45) is 0.938. The van der Waals surface area contributed by atoms with Crippen LogP contribution >= 0.6 is 11.3 Å². The summed E-state index contributed by atoms with van der Waals surface area (Å²) in [5.74, 6) is 0.464. The lowest BCUT2D eigenvalue weighted by Crippen LogP contribution is -2.44. The molecule has 3 heterocycles. The fourth-order valence-electron chi connectivity index (χ4n) is 2.52. The fourth-order valence-corrected chi connectivity index (χ4v) is 3.50. The Kier molecular flexibility index (Phi) is 3.88. The van der Waals surface area contributed by atoms with Crippen molar-refractivity contribution >= 4 is 23.2 Å². The van der Waals surface area contributed by atoms with Gasteiger partial charge >= 0.3 is 6.03 Å². The van der Waals surface area contributed by atoms with E-state index in [9.17, 15) is 4.79 Å². The van der Waals surface area contributed by atoms with E-state index in [4.69, 9.17) is 4.74 Å². The van der Waals surface area contributed by atoms with Crippen molar-refractivity contribution in [1.29, 1.82) is 0 Å². The second-order valence-corrected chi connectivity index (χ2v) is 6.54. The predicted molar refractivity (Wildman–Crippen MR) is 84.1 cm³/mol. The van der Waals surface area contributed by atoms with Gasteiger partial charge in [0.15, 0.2) is 5.82 Å². The van der Waals surface area contributed by atoms with Gasteiger partial charge in [0.2, 0.25) is 0 Å². The predicted octanol–water partition coefficient (Wildman–Crippen LogP) is 1.79. The molecule has 22 heavy (non-hydrogen) atoms. The smallest absolute Gasteiger partial charge is 0.320 e. The van der Waals surface area contributed by atoms with Gasteiger partial charge in [-0.1, -0.05) is 5.21 Å². The lowest BCUT2D eigenvalue weighted by atomic mass is 9.93. The van der Waals surface area contributed by atoms with Crippen LogP contribution in [-0.4, -0.2) is 34.2 Å². The number of fused-ring (bicyclic) bond motifs is 1. The van der Waals surface area contributed by atoms with Crippen LogP contribution in [0.5, 0.6) is 0 Å². The van der Waals surface area contributed by atoms with Crippen LogP contribution in [0.1, 0.15) is 23.1 Å². The molecule has 0 saturated carbocycles. The Balaban J connectivity index is 1.63. The van der Waals surface area contributed by atoms with Crippen molar-refractivity contribution in [1.82, 2.24) is 20.3 Å². The number of carbonyl (C=O) groups is 1. The Hall–Kier alpha value is -1.93. The molecule has 1 aliphatic rings. The van der Waals surface area contributed by atoms with E-state index >= 15 is 0 Å². The highest BCUT2D eigenvalue weighted by Crippen LogP contribution is 2.35. The van der Waals surface area contributed by atoms with Gasteiger partial charge in [-0.25, -0.2) is 4.79 Å². The molecule has 1 unspecified atom stereocenters. The number of urea groups is 1. The molecule has 2 aromatic rings. The number of nitrogens with zero attached hydrogens (tertiary/aromatic N) is 3. The second kappa shape index (κ2) is 5.69. The van der Waals surface area contributed by atoms with Gasteiger partial charge in [-0.2, -0.15) is 0 Å². The average molecular weight is 321 g/mol. The molecule has 0 saturated heterocycles. The topological polar surface area (TPSA) is 81.1 Å². The van der Waals surface area contributed by atoms with Crippen molar-refractivity contribution in [2.45, 2.75) is 25.9 Å². The molecule has 7 nitrogen and oxygen atoms in total. The number of hydrogen-bond donors (Lipinski definition) is 2. The van der Waals surface area contributed by atoms with Crippen LogP contribution in [0, 0.1) is 6.92 Å². The molecule has 2 aromatic heterocycles. The summed E-state index contributed by atoms with van der Waals surface area (Å²) in [5.41, 5.74) is 1.48. The maximum atomic E-state index is 12.1. The molecule has 0 aliphatic carbocycles. The van der Waals surface area contributed by atoms with Crippen LogP contribution in [0.15, 0.2) is 11.4 Å². The van der Waals surface area contributed by atoms with Crippen LogP contribution < -0.4 is 10.6 Å². The first-order valence-corrected chi connectivity index (χ1v) is 7.99. The summed E-state index contributed by atoms with van der Waals surface area (Å²) in [4.78, 5) is 13.4. The summed E-state index contributed by atoms with van der Waals surface area (Å²) in [7, 11) is 1.78. The average Bonchev–Trinajstić information content (AvgIpc) is 3.09. The van der Waals surface area contributed by atoms with Crippen molar-refractivity contribution in [2.75, 3.05) is 18.5 Å². The van der Waals surface area contributed by atoms with Crippen molar-refractivity contribution < 1.29 is 9.53 Å². The highest BCUT2D eigenvalue weighted by molar-refractivity contribution is 7.10. The molecule has 0 fully saturated rings. The second-order valence-electron chi connectivity index (χ2n) is 5.54. The van der Waals surface area contributed by atoms with Crippen molar-refractivity contribution in [3.63, 3.8) is 0 Å². The number of aryl methyl sites for hydroxylation is 1. The highest BCUT2D eigenvalue weighted by atomic mass is 32.1. The molecule has 2 N–H and O–H groups in total. The lowest BCUT2D eigenvalue weighted by Gasteiger charge is -2.34. The monoisotopic (exact) mass is 321 g/mol. The van der Waals surface area contributed by atoms with E-state index in [0.717, 1.165) is 12.1 Å². The number of anilines is 1. The Morgan fingerprint density at radius 3 is 3.14 bits per heavy atom. The number of hydrogen-bond acceptors (Lipinski definition) is 5. The summed E-state index contributed by atoms with van der Waals surface area (Å²) in [6, 6.07) is 1.77. The molecular weight excluding hydrogens is 302 g/mol. The Morgan fingerprint density at radius 1 is 1.59 bits per heavy atom. The minimum atomic E-state index is -0.484. The maximum absolute atomic E-state index is 12.1. The third-order valence-electron chi connectivity index (χ3n) is 3.99. The SMILES string of the molecule is Cc1c(NC(=O)NCC2(C)OCCc3sccc32)nnn1C. The molecular formula is C14H19N5O2S. The lowest BCUT2D eigenvalue weighted by molar-refractivity contribution is -0.0416. The zero-order valence-corrected chi connectivity index (χ0v) is 13.7. The van der Waals surface area contributed by atoms with Gasteiger partial charge in [0, 0.05) is 18.3 Å². The maximum Gasteiger partial charge on any atom is 0.320 e. The van der Waals surface area contributed by atoms with Crippen LogP contribution in [0.3, 0.4) is 0 Å². The van der Waals surface area contributed by atoms with Crippen molar-refractivity contribution in [2.24, 2.45) is 7.05 Å². The van der Waals surface area contributed by atoms with Gasteiger partial charge in [0.05, 0.1) is 18.8 Å². The highest BCUT2D eigenvalue weighted by Gasteiger charge is 2.34. The van der Waals surface area contributed by atoms with E-state index in [2.05, 4.69) is 32.4 Å². The molecule has 2 amide bonds. The van der Waals surface area contributed by atoms with E-state index in [1.807, 2.05) is 13.8 Å². The summed E-state index contributed by atoms with van der Waals surface area (Å²) in [6.45, 7) is 4.93. The van der Waals surface area contributed by atoms with E-state index in [1.165, 1.54) is 10.4 Å². The fraction of sp³-hybridized carbons (Fsp3) is 0.500. The molecule has 8 heteroatoms. The van der Waals surface area contributed by atoms with E-state index in [0.29, 0.717) is 19.0 Å². The Bertz CT molecular complexity index is 695. The zero-order chi connectivity index (χ0) is 15.7. The van der Waals surface area contributed by atoms with Gasteiger partial charge < -0.3 is 10.1 Å². The minimum absolute atomic E-state index is 0.309. The number of rotatable bonds is 3. The molecule has 1 aliphatic heterocycles. The van der Waals surface area contributed by atoms with Gasteiger partial charge in [-0.15, -0.1) is 16.4 Å². The third kappa shape index (κ3) is 2.71. The number of ether oxygens (including phenoxy) is 1. The number of thiophene rings is 1. The summed E-state index contributed by atoms with van der Waals surface area (Å²) < 4.78 is 7.52. The molecule has 118 valence electrons. The van der Waals surface area contributed by atoms with Gasteiger partial charge in [0.25, 0.3) is 0 Å². The molecule has 0 bridgehead atoms. The largest absolute Gasteiger partial charge is 0.368 e. The molecule has 0 spiro atoms. The quantitative estimate of drug-likeness (QED) is 0.903. The van der Waals surface area contributed by atoms with Crippen LogP contribution in [0.25, 0.3) is 0 Å². The van der Waals surface area contributed by atoms with Crippen LogP contribution in [0.2, 0.25) is 0 Å². The van der Waals surface area contributed by atoms with Crippen molar-refractivity contribution in [3.8, 4) is 0 Å². The van der Waals surface area contributed by atoms with Crippen molar-refractivity contribution in [3.05, 3.63) is 27.6 Å². The molecule has 0 aromatic carbocycles. The van der Waals surface area contributed by atoms with E-state index in [-0.39, 0.29) is 6.03 Å². The normalized spacial score (nSPS) is 20.5. The first-order chi connectivity index (χ1) is 10.5. The van der Waals surface area contributed by atoms with E-state index in [1.54, 1.807) is 23.1 Å². The molecule has 3 rings (SSSR count). The number of aromatic nitrogens is 3. The number of carbonyl (C=O) groups excluding carboxylic acids is 1. The molecule has 1 atom stereocenters. The standard InChI is InChI=1S/C14H19N5O2S/c1-9-12(17-18-19(9)3)16-13(20)15-8-14(2)10-5-7-22-11(10)4-6-21-14/h5,7H,4,6,8H2,1-3H3,(H2,15,16,20). The van der Waals surface area contributed by atoms with Crippen LogP contribution in [0.4, 0.5) is 10.6 Å². The summed E-state index contributed by atoms with van der Waals surface area (Å²) >= 11 is 1.74. The zero-order valence-electron chi connectivity index (χ0n) is 12.8. The van der Waals surface area contributed by atoms with E-state index < -0.39 is 5.60 Å². The van der Waals surface area contributed by atoms with Gasteiger partial charge in [-0.05, 0) is 30.9 Å². The van der Waals surface area contributed by atoms with Crippen LogP contribution in [-0.2, 0) is 23.8 Å². The number of amides is 2. The first kappa shape index (κ1) is 15.0. The Morgan fingerprint density at radius 2 is 2.41 bits per heavy atom. The minimum Gasteiger partial charge on any atom is -0.368 e. The number of nitrogens with one attached hydrogen (secondary N) is 2. The van der Waals surface area contributed by atoms with Gasteiger partial charge in [-0.3, -0.25) is 10.00 Å². The first-order valence-electron chi connectivity index (χ1n) is 7.11. The van der Waals surface area contributed by atoms with Gasteiger partial charge in [0.1, 0.15) is 5.60 Å².